The number of halogens is 1. The monoisotopic (exact) mass is 422 g/mol. The summed E-state index contributed by atoms with van der Waals surface area (Å²) >= 11 is 0. The van der Waals surface area contributed by atoms with E-state index in [4.69, 9.17) is 14.2 Å². The van der Waals surface area contributed by atoms with Crippen LogP contribution in [0.2, 0.25) is 0 Å². The van der Waals surface area contributed by atoms with Crippen molar-refractivity contribution >= 4 is 18.3 Å². The van der Waals surface area contributed by atoms with Crippen molar-refractivity contribution < 1.29 is 19.0 Å². The van der Waals surface area contributed by atoms with E-state index in [9.17, 15) is 4.79 Å². The van der Waals surface area contributed by atoms with Gasteiger partial charge in [-0.05, 0) is 44.5 Å². The van der Waals surface area contributed by atoms with Crippen LogP contribution in [-0.4, -0.2) is 32.3 Å². The molecule has 1 amide bonds. The molecule has 0 atom stereocenters. The second-order valence-electron chi connectivity index (χ2n) is 7.49. The number of amides is 1. The molecule has 0 unspecified atom stereocenters. The average molecular weight is 423 g/mol. The molecular weight excluding hydrogens is 392 g/mol. The summed E-state index contributed by atoms with van der Waals surface area (Å²) in [6, 6.07) is 13.6. The first-order valence-corrected chi connectivity index (χ1v) is 9.25. The van der Waals surface area contributed by atoms with E-state index in [1.807, 2.05) is 63.2 Å². The predicted molar refractivity (Wildman–Crippen MR) is 117 cm³/mol. The molecule has 7 heteroatoms. The molecule has 0 radical (unpaired) electrons. The van der Waals surface area contributed by atoms with Crippen LogP contribution in [0, 0.1) is 0 Å². The SMILES string of the molecule is COc1ccc(CNCc2cccc(OC)c2OCC(=O)NC(C)(C)C)cc1.Cl. The standard InChI is InChI=1S/C22H30N2O4.ClH/c1-22(2,3)24-20(25)15-28-21-17(7-6-8-19(21)27-5)14-23-13-16-9-11-18(26-4)12-10-16;/h6-12,23H,13-15H2,1-5H3,(H,24,25);1H. The molecule has 0 aliphatic rings. The van der Waals surface area contributed by atoms with Crippen LogP contribution in [0.4, 0.5) is 0 Å². The molecule has 2 rings (SSSR count). The molecule has 0 saturated heterocycles. The number of carbonyl (C=O) groups is 1. The number of hydrogen-bond acceptors (Lipinski definition) is 5. The van der Waals surface area contributed by atoms with Crippen molar-refractivity contribution in [1.82, 2.24) is 10.6 Å². The summed E-state index contributed by atoms with van der Waals surface area (Å²) in [6.07, 6.45) is 0. The van der Waals surface area contributed by atoms with Crippen LogP contribution in [0.1, 0.15) is 31.9 Å². The summed E-state index contributed by atoms with van der Waals surface area (Å²) in [7, 11) is 3.24. The third-order valence-electron chi connectivity index (χ3n) is 3.95. The van der Waals surface area contributed by atoms with Crippen LogP contribution in [0.5, 0.6) is 17.2 Å². The maximum atomic E-state index is 12.1. The van der Waals surface area contributed by atoms with Crippen LogP contribution in [0.25, 0.3) is 0 Å². The average Bonchev–Trinajstić information content (AvgIpc) is 2.65. The topological polar surface area (TPSA) is 68.8 Å². The van der Waals surface area contributed by atoms with Gasteiger partial charge in [-0.2, -0.15) is 0 Å². The minimum Gasteiger partial charge on any atom is -0.497 e. The lowest BCUT2D eigenvalue weighted by Gasteiger charge is -2.21. The van der Waals surface area contributed by atoms with Crippen molar-refractivity contribution in [3.8, 4) is 17.2 Å². The van der Waals surface area contributed by atoms with Gasteiger partial charge in [-0.15, -0.1) is 12.4 Å². The van der Waals surface area contributed by atoms with E-state index < -0.39 is 0 Å². The van der Waals surface area contributed by atoms with Crippen LogP contribution < -0.4 is 24.8 Å². The quantitative estimate of drug-likeness (QED) is 0.644. The first-order valence-electron chi connectivity index (χ1n) is 9.25. The highest BCUT2D eigenvalue weighted by Crippen LogP contribution is 2.31. The Balaban J connectivity index is 0.00000420. The Hall–Kier alpha value is -2.44. The molecular formula is C22H31ClN2O4. The van der Waals surface area contributed by atoms with Gasteiger partial charge in [0.1, 0.15) is 5.75 Å². The Labute approximate surface area is 179 Å². The van der Waals surface area contributed by atoms with Gasteiger partial charge in [0.05, 0.1) is 14.2 Å². The molecule has 6 nitrogen and oxygen atoms in total. The van der Waals surface area contributed by atoms with Crippen molar-refractivity contribution in [3.05, 3.63) is 53.6 Å². The molecule has 0 bridgehead atoms. The van der Waals surface area contributed by atoms with Crippen molar-refractivity contribution in [2.75, 3.05) is 20.8 Å². The zero-order valence-electron chi connectivity index (χ0n) is 17.7. The highest BCUT2D eigenvalue weighted by atomic mass is 35.5. The molecule has 0 spiro atoms. The number of ether oxygens (including phenoxy) is 3. The summed E-state index contributed by atoms with van der Waals surface area (Å²) in [5, 5.41) is 6.29. The molecule has 160 valence electrons. The van der Waals surface area contributed by atoms with E-state index in [-0.39, 0.29) is 30.5 Å². The maximum Gasteiger partial charge on any atom is 0.258 e. The lowest BCUT2D eigenvalue weighted by atomic mass is 10.1. The summed E-state index contributed by atoms with van der Waals surface area (Å²) in [6.45, 7) is 7.02. The zero-order chi connectivity index (χ0) is 20.6. The van der Waals surface area contributed by atoms with E-state index in [0.29, 0.717) is 24.6 Å². The number of benzene rings is 2. The van der Waals surface area contributed by atoms with Gasteiger partial charge in [-0.3, -0.25) is 4.79 Å². The van der Waals surface area contributed by atoms with Crippen LogP contribution in [0.3, 0.4) is 0 Å². The Kier molecular flexibility index (Phi) is 9.78. The summed E-state index contributed by atoms with van der Waals surface area (Å²) < 4.78 is 16.4. The van der Waals surface area contributed by atoms with Gasteiger partial charge in [0.15, 0.2) is 18.1 Å². The molecule has 0 aromatic heterocycles. The Morgan fingerprint density at radius 1 is 0.966 bits per heavy atom. The predicted octanol–water partition coefficient (Wildman–Crippen LogP) is 3.71. The van der Waals surface area contributed by atoms with Gasteiger partial charge in [-0.1, -0.05) is 24.3 Å². The van der Waals surface area contributed by atoms with Crippen LogP contribution in [-0.2, 0) is 17.9 Å². The largest absolute Gasteiger partial charge is 0.497 e. The third kappa shape index (κ3) is 8.21. The first kappa shape index (κ1) is 24.6. The summed E-state index contributed by atoms with van der Waals surface area (Å²) in [5.74, 6) is 1.85. The fourth-order valence-electron chi connectivity index (χ4n) is 2.70. The minimum atomic E-state index is -0.302. The van der Waals surface area contributed by atoms with Crippen molar-refractivity contribution in [2.45, 2.75) is 39.4 Å². The second-order valence-corrected chi connectivity index (χ2v) is 7.49. The lowest BCUT2D eigenvalue weighted by molar-refractivity contribution is -0.124. The normalized spacial score (nSPS) is 10.7. The molecule has 29 heavy (non-hydrogen) atoms. The van der Waals surface area contributed by atoms with Gasteiger partial charge in [-0.25, -0.2) is 0 Å². The van der Waals surface area contributed by atoms with E-state index in [1.54, 1.807) is 14.2 Å². The third-order valence-corrected chi connectivity index (χ3v) is 3.95. The highest BCUT2D eigenvalue weighted by Gasteiger charge is 2.16. The second kappa shape index (κ2) is 11.5. The van der Waals surface area contributed by atoms with Crippen molar-refractivity contribution in [2.24, 2.45) is 0 Å². The van der Waals surface area contributed by atoms with E-state index in [1.165, 1.54) is 0 Å². The van der Waals surface area contributed by atoms with Crippen molar-refractivity contribution in [1.29, 1.82) is 0 Å². The van der Waals surface area contributed by atoms with Gasteiger partial charge in [0.2, 0.25) is 0 Å². The molecule has 2 N–H and O–H groups in total. The molecule has 0 fully saturated rings. The van der Waals surface area contributed by atoms with Crippen LogP contribution >= 0.6 is 12.4 Å². The van der Waals surface area contributed by atoms with Crippen LogP contribution in [0.15, 0.2) is 42.5 Å². The molecule has 0 heterocycles. The zero-order valence-corrected chi connectivity index (χ0v) is 18.5. The lowest BCUT2D eigenvalue weighted by Crippen LogP contribution is -2.43. The molecule has 0 aliphatic heterocycles. The van der Waals surface area contributed by atoms with E-state index in [2.05, 4.69) is 10.6 Å². The Bertz CT molecular complexity index is 773. The van der Waals surface area contributed by atoms with Gasteiger partial charge in [0, 0.05) is 24.2 Å². The summed E-state index contributed by atoms with van der Waals surface area (Å²) in [4.78, 5) is 12.1. The number of methoxy groups -OCH3 is 2. The van der Waals surface area contributed by atoms with Gasteiger partial charge >= 0.3 is 0 Å². The molecule has 2 aromatic carbocycles. The highest BCUT2D eigenvalue weighted by molar-refractivity contribution is 5.85. The number of carbonyl (C=O) groups excluding carboxylic acids is 1. The van der Waals surface area contributed by atoms with E-state index in [0.717, 1.165) is 16.9 Å². The number of rotatable bonds is 9. The van der Waals surface area contributed by atoms with E-state index >= 15 is 0 Å². The maximum absolute atomic E-state index is 12.1. The summed E-state index contributed by atoms with van der Waals surface area (Å²) in [5.41, 5.74) is 1.77. The van der Waals surface area contributed by atoms with Gasteiger partial charge in [0.25, 0.3) is 5.91 Å². The smallest absolute Gasteiger partial charge is 0.258 e. The number of hydrogen-bond donors (Lipinski definition) is 2. The fraction of sp³-hybridized carbons (Fsp3) is 0.409. The minimum absolute atomic E-state index is 0. The number of para-hydroxylation sites is 1. The fourth-order valence-corrected chi connectivity index (χ4v) is 2.70. The molecule has 0 aliphatic carbocycles. The first-order chi connectivity index (χ1) is 13.3. The van der Waals surface area contributed by atoms with Gasteiger partial charge < -0.3 is 24.8 Å². The number of nitrogens with one attached hydrogen (secondary N) is 2. The Morgan fingerprint density at radius 2 is 1.66 bits per heavy atom. The Morgan fingerprint density at radius 3 is 2.24 bits per heavy atom. The molecule has 0 saturated carbocycles. The molecule has 2 aromatic rings. The van der Waals surface area contributed by atoms with Crippen molar-refractivity contribution in [3.63, 3.8) is 0 Å².